The highest BCUT2D eigenvalue weighted by Gasteiger charge is 2.06. The van der Waals surface area contributed by atoms with Crippen molar-refractivity contribution >= 4 is 11.4 Å². The van der Waals surface area contributed by atoms with Crippen molar-refractivity contribution in [2.24, 2.45) is 0 Å². The van der Waals surface area contributed by atoms with E-state index in [1.54, 1.807) is 4.90 Å². The molecule has 2 rings (SSSR count). The van der Waals surface area contributed by atoms with Crippen LogP contribution in [0.5, 0.6) is 0 Å². The zero-order valence-electron chi connectivity index (χ0n) is 9.09. The molecular weight excluding hydrogens is 196 g/mol. The van der Waals surface area contributed by atoms with E-state index in [9.17, 15) is 5.26 Å². The average molecular weight is 208 g/mol. The van der Waals surface area contributed by atoms with Crippen molar-refractivity contribution in [3.05, 3.63) is 60.2 Å². The summed E-state index contributed by atoms with van der Waals surface area (Å²) in [6.45, 7) is 2.03. The Kier molecular flexibility index (Phi) is 2.88. The van der Waals surface area contributed by atoms with Gasteiger partial charge >= 0.3 is 0 Å². The molecular formula is C14H12N2. The summed E-state index contributed by atoms with van der Waals surface area (Å²) >= 11 is 0. The van der Waals surface area contributed by atoms with Gasteiger partial charge in [0.2, 0.25) is 0 Å². The van der Waals surface area contributed by atoms with Crippen molar-refractivity contribution in [3.63, 3.8) is 0 Å². The van der Waals surface area contributed by atoms with Gasteiger partial charge in [0.05, 0.1) is 11.4 Å². The Balaban J connectivity index is 2.38. The van der Waals surface area contributed by atoms with Gasteiger partial charge in [-0.25, -0.2) is 4.90 Å². The summed E-state index contributed by atoms with van der Waals surface area (Å²) in [6, 6.07) is 17.5. The first-order chi connectivity index (χ1) is 7.81. The van der Waals surface area contributed by atoms with Gasteiger partial charge in [0.15, 0.2) is 6.19 Å². The lowest BCUT2D eigenvalue weighted by atomic mass is 10.2. The Morgan fingerprint density at radius 1 is 0.875 bits per heavy atom. The molecule has 0 aliphatic carbocycles. The zero-order valence-corrected chi connectivity index (χ0v) is 9.09. The SMILES string of the molecule is Cc1ccc(N(C#N)c2ccccc2)cc1. The topological polar surface area (TPSA) is 27.0 Å². The molecule has 0 bridgehead atoms. The second-order valence-electron chi connectivity index (χ2n) is 3.61. The van der Waals surface area contributed by atoms with Gasteiger partial charge in [-0.2, -0.15) is 5.26 Å². The third-order valence-electron chi connectivity index (χ3n) is 2.41. The van der Waals surface area contributed by atoms with Gasteiger partial charge in [0, 0.05) is 0 Å². The van der Waals surface area contributed by atoms with Crippen LogP contribution >= 0.6 is 0 Å². The molecule has 0 aliphatic rings. The molecule has 78 valence electrons. The second kappa shape index (κ2) is 4.50. The lowest BCUT2D eigenvalue weighted by Gasteiger charge is -2.15. The molecule has 0 aliphatic heterocycles. The fraction of sp³-hybridized carbons (Fsp3) is 0.0714. The van der Waals surface area contributed by atoms with Crippen LogP contribution in [0.2, 0.25) is 0 Å². The Morgan fingerprint density at radius 2 is 1.44 bits per heavy atom. The van der Waals surface area contributed by atoms with Crippen LogP contribution in [0.4, 0.5) is 11.4 Å². The molecule has 2 aromatic carbocycles. The van der Waals surface area contributed by atoms with E-state index in [0.29, 0.717) is 0 Å². The molecule has 2 nitrogen and oxygen atoms in total. The van der Waals surface area contributed by atoms with Crippen LogP contribution in [0, 0.1) is 18.4 Å². The minimum Gasteiger partial charge on any atom is -0.248 e. The Bertz CT molecular complexity index is 495. The largest absolute Gasteiger partial charge is 0.248 e. The molecule has 0 saturated heterocycles. The predicted molar refractivity (Wildman–Crippen MR) is 65.4 cm³/mol. The second-order valence-corrected chi connectivity index (χ2v) is 3.61. The Morgan fingerprint density at radius 3 is 2.00 bits per heavy atom. The van der Waals surface area contributed by atoms with E-state index in [0.717, 1.165) is 11.4 Å². The predicted octanol–water partition coefficient (Wildman–Crippen LogP) is 3.61. The molecule has 2 heteroatoms. The van der Waals surface area contributed by atoms with Gasteiger partial charge in [-0.3, -0.25) is 0 Å². The van der Waals surface area contributed by atoms with E-state index in [-0.39, 0.29) is 0 Å². The normalized spacial score (nSPS) is 9.50. The van der Waals surface area contributed by atoms with E-state index >= 15 is 0 Å². The third-order valence-corrected chi connectivity index (χ3v) is 2.41. The van der Waals surface area contributed by atoms with Gasteiger partial charge in [0.1, 0.15) is 0 Å². The first-order valence-corrected chi connectivity index (χ1v) is 5.13. The minimum absolute atomic E-state index is 0.883. The average Bonchev–Trinajstić information content (AvgIpc) is 2.34. The highest BCUT2D eigenvalue weighted by Crippen LogP contribution is 2.24. The van der Waals surface area contributed by atoms with Crippen molar-refractivity contribution in [2.75, 3.05) is 4.90 Å². The van der Waals surface area contributed by atoms with E-state index < -0.39 is 0 Å². The number of nitriles is 1. The highest BCUT2D eigenvalue weighted by atomic mass is 15.1. The minimum atomic E-state index is 0.883. The van der Waals surface area contributed by atoms with Crippen LogP contribution in [0.15, 0.2) is 54.6 Å². The van der Waals surface area contributed by atoms with Crippen molar-refractivity contribution in [1.82, 2.24) is 0 Å². The number of benzene rings is 2. The Hall–Kier alpha value is -2.27. The molecule has 2 aromatic rings. The molecule has 0 spiro atoms. The molecule has 0 N–H and O–H groups in total. The van der Waals surface area contributed by atoms with Gasteiger partial charge in [0.25, 0.3) is 0 Å². The van der Waals surface area contributed by atoms with Crippen LogP contribution in [0.3, 0.4) is 0 Å². The number of hydrogen-bond donors (Lipinski definition) is 0. The van der Waals surface area contributed by atoms with Gasteiger partial charge < -0.3 is 0 Å². The van der Waals surface area contributed by atoms with Crippen molar-refractivity contribution in [2.45, 2.75) is 6.92 Å². The van der Waals surface area contributed by atoms with Gasteiger partial charge in [-0.05, 0) is 31.2 Å². The van der Waals surface area contributed by atoms with Crippen LogP contribution in [0.1, 0.15) is 5.56 Å². The number of rotatable bonds is 2. The van der Waals surface area contributed by atoms with Crippen molar-refractivity contribution < 1.29 is 0 Å². The first kappa shape index (κ1) is 10.3. The summed E-state index contributed by atoms with van der Waals surface area (Å²) in [5, 5.41) is 9.18. The maximum Gasteiger partial charge on any atom is 0.189 e. The summed E-state index contributed by atoms with van der Waals surface area (Å²) in [6.07, 6.45) is 2.19. The van der Waals surface area contributed by atoms with Crippen LogP contribution < -0.4 is 4.90 Å². The van der Waals surface area contributed by atoms with E-state index in [1.165, 1.54) is 5.56 Å². The number of aryl methyl sites for hydroxylation is 1. The summed E-state index contributed by atoms with van der Waals surface area (Å²) in [5.74, 6) is 0. The van der Waals surface area contributed by atoms with E-state index in [1.807, 2.05) is 61.5 Å². The third kappa shape index (κ3) is 2.04. The van der Waals surface area contributed by atoms with Crippen LogP contribution in [-0.4, -0.2) is 0 Å². The molecule has 0 radical (unpaired) electrons. The standard InChI is InChI=1S/C14H12N2/c1-12-7-9-14(10-8-12)16(11-15)13-5-3-2-4-6-13/h2-10H,1H3. The first-order valence-electron chi connectivity index (χ1n) is 5.13. The number of hydrogen-bond acceptors (Lipinski definition) is 2. The van der Waals surface area contributed by atoms with E-state index in [2.05, 4.69) is 6.19 Å². The molecule has 0 heterocycles. The number of nitrogens with zero attached hydrogens (tertiary/aromatic N) is 2. The smallest absolute Gasteiger partial charge is 0.189 e. The Labute approximate surface area is 95.4 Å². The summed E-state index contributed by atoms with van der Waals surface area (Å²) in [7, 11) is 0. The number of anilines is 2. The lowest BCUT2D eigenvalue weighted by Crippen LogP contribution is -2.08. The summed E-state index contributed by atoms with van der Waals surface area (Å²) < 4.78 is 0. The van der Waals surface area contributed by atoms with Crippen molar-refractivity contribution in [3.8, 4) is 6.19 Å². The molecule has 0 aromatic heterocycles. The quantitative estimate of drug-likeness (QED) is 0.556. The van der Waals surface area contributed by atoms with Crippen LogP contribution in [-0.2, 0) is 0 Å². The molecule has 0 fully saturated rings. The summed E-state index contributed by atoms with van der Waals surface area (Å²) in [4.78, 5) is 1.61. The molecule has 0 atom stereocenters. The zero-order chi connectivity index (χ0) is 11.4. The highest BCUT2D eigenvalue weighted by molar-refractivity contribution is 5.67. The maximum atomic E-state index is 9.18. The lowest BCUT2D eigenvalue weighted by molar-refractivity contribution is 1.27. The monoisotopic (exact) mass is 208 g/mol. The van der Waals surface area contributed by atoms with E-state index in [4.69, 9.17) is 0 Å². The van der Waals surface area contributed by atoms with Gasteiger partial charge in [-0.1, -0.05) is 35.9 Å². The van der Waals surface area contributed by atoms with Crippen molar-refractivity contribution in [1.29, 1.82) is 5.26 Å². The maximum absolute atomic E-state index is 9.18. The van der Waals surface area contributed by atoms with Crippen LogP contribution in [0.25, 0.3) is 0 Å². The fourth-order valence-corrected chi connectivity index (χ4v) is 1.54. The van der Waals surface area contributed by atoms with Gasteiger partial charge in [-0.15, -0.1) is 0 Å². The summed E-state index contributed by atoms with van der Waals surface area (Å²) in [5.41, 5.74) is 2.96. The molecule has 0 saturated carbocycles. The fourth-order valence-electron chi connectivity index (χ4n) is 1.54. The molecule has 0 unspecified atom stereocenters. The molecule has 0 amide bonds. The number of para-hydroxylation sites is 1. The molecule has 16 heavy (non-hydrogen) atoms.